The highest BCUT2D eigenvalue weighted by molar-refractivity contribution is 5.38. The van der Waals surface area contributed by atoms with E-state index in [1.165, 1.54) is 18.4 Å². The fourth-order valence-corrected chi connectivity index (χ4v) is 3.12. The van der Waals surface area contributed by atoms with E-state index in [0.717, 1.165) is 37.6 Å². The van der Waals surface area contributed by atoms with Crippen LogP contribution in [0.25, 0.3) is 0 Å². The molecule has 4 nitrogen and oxygen atoms in total. The summed E-state index contributed by atoms with van der Waals surface area (Å²) < 4.78 is 0. The normalized spacial score (nSPS) is 18.4. The van der Waals surface area contributed by atoms with E-state index in [1.807, 2.05) is 30.5 Å². The third-order valence-electron chi connectivity index (χ3n) is 4.28. The summed E-state index contributed by atoms with van der Waals surface area (Å²) in [5.74, 6) is 2.46. The monoisotopic (exact) mass is 297 g/mol. The Labute approximate surface area is 131 Å². The minimum atomic E-state index is 0.279. The first kappa shape index (κ1) is 15.0. The third-order valence-corrected chi connectivity index (χ3v) is 4.28. The minimum Gasteiger partial charge on any atom is -0.396 e. The van der Waals surface area contributed by atoms with Gasteiger partial charge in [0.2, 0.25) is 0 Å². The van der Waals surface area contributed by atoms with Gasteiger partial charge < -0.3 is 10.0 Å². The number of aliphatic hydroxyl groups is 1. The van der Waals surface area contributed by atoms with Gasteiger partial charge in [-0.25, -0.2) is 9.97 Å². The zero-order chi connectivity index (χ0) is 15.2. The van der Waals surface area contributed by atoms with Crippen LogP contribution in [0.4, 0.5) is 5.82 Å². The molecule has 0 aliphatic carbocycles. The molecule has 1 unspecified atom stereocenters. The van der Waals surface area contributed by atoms with Crippen LogP contribution < -0.4 is 4.90 Å². The first-order valence-electron chi connectivity index (χ1n) is 8.07. The maximum Gasteiger partial charge on any atom is 0.135 e. The molecule has 0 radical (unpaired) electrons. The molecule has 3 rings (SSSR count). The van der Waals surface area contributed by atoms with Crippen molar-refractivity contribution in [1.29, 1.82) is 0 Å². The number of hydrogen-bond donors (Lipinski definition) is 1. The molecule has 1 aromatic heterocycles. The quantitative estimate of drug-likeness (QED) is 0.922. The molecule has 0 spiro atoms. The Bertz CT molecular complexity index is 586. The highest BCUT2D eigenvalue weighted by atomic mass is 16.3. The number of anilines is 1. The molecular weight excluding hydrogens is 274 g/mol. The Balaban J connectivity index is 1.70. The summed E-state index contributed by atoms with van der Waals surface area (Å²) in [7, 11) is 0. The van der Waals surface area contributed by atoms with Gasteiger partial charge in [0.25, 0.3) is 0 Å². The number of aliphatic hydroxyl groups excluding tert-OH is 1. The van der Waals surface area contributed by atoms with Crippen molar-refractivity contribution in [2.45, 2.75) is 25.7 Å². The van der Waals surface area contributed by atoms with Crippen LogP contribution in [0.5, 0.6) is 0 Å². The Morgan fingerprint density at radius 2 is 2.05 bits per heavy atom. The Morgan fingerprint density at radius 1 is 1.18 bits per heavy atom. The largest absolute Gasteiger partial charge is 0.396 e. The van der Waals surface area contributed by atoms with Crippen molar-refractivity contribution in [1.82, 2.24) is 9.97 Å². The molecule has 1 aromatic carbocycles. The van der Waals surface area contributed by atoms with Gasteiger partial charge in [-0.2, -0.15) is 0 Å². The standard InChI is InChI=1S/C18H23N3O/c22-12-9-16-7-4-11-21(14-16)18-8-10-19-17(20-18)13-15-5-2-1-3-6-15/h1-3,5-6,8,10,16,22H,4,7,9,11-14H2. The lowest BCUT2D eigenvalue weighted by molar-refractivity contribution is 0.244. The Kier molecular flexibility index (Phi) is 5.01. The van der Waals surface area contributed by atoms with Gasteiger partial charge in [-0.1, -0.05) is 30.3 Å². The molecule has 1 fully saturated rings. The Hall–Kier alpha value is -1.94. The lowest BCUT2D eigenvalue weighted by Crippen LogP contribution is -2.36. The van der Waals surface area contributed by atoms with Crippen LogP contribution in [0.1, 0.15) is 30.7 Å². The van der Waals surface area contributed by atoms with Crippen molar-refractivity contribution >= 4 is 5.82 Å². The van der Waals surface area contributed by atoms with E-state index in [2.05, 4.69) is 22.0 Å². The van der Waals surface area contributed by atoms with Gasteiger partial charge in [0.1, 0.15) is 11.6 Å². The maximum absolute atomic E-state index is 9.14. The molecule has 1 aliphatic heterocycles. The second-order valence-electron chi connectivity index (χ2n) is 5.96. The van der Waals surface area contributed by atoms with Crippen LogP contribution in [0.2, 0.25) is 0 Å². The second kappa shape index (κ2) is 7.36. The predicted molar refractivity (Wildman–Crippen MR) is 87.9 cm³/mol. The van der Waals surface area contributed by atoms with Gasteiger partial charge in [0.05, 0.1) is 0 Å². The summed E-state index contributed by atoms with van der Waals surface area (Å²) in [6, 6.07) is 12.3. The van der Waals surface area contributed by atoms with Gasteiger partial charge in [0.15, 0.2) is 0 Å². The van der Waals surface area contributed by atoms with Gasteiger partial charge in [-0.15, -0.1) is 0 Å². The molecule has 0 bridgehead atoms. The van der Waals surface area contributed by atoms with Crippen molar-refractivity contribution in [3.8, 4) is 0 Å². The van der Waals surface area contributed by atoms with Crippen molar-refractivity contribution < 1.29 is 5.11 Å². The molecule has 0 saturated carbocycles. The fraction of sp³-hybridized carbons (Fsp3) is 0.444. The fourth-order valence-electron chi connectivity index (χ4n) is 3.12. The Morgan fingerprint density at radius 3 is 2.86 bits per heavy atom. The van der Waals surface area contributed by atoms with Gasteiger partial charge in [-0.3, -0.25) is 0 Å². The van der Waals surface area contributed by atoms with E-state index in [1.54, 1.807) is 0 Å². The van der Waals surface area contributed by atoms with E-state index in [0.29, 0.717) is 5.92 Å². The average molecular weight is 297 g/mol. The van der Waals surface area contributed by atoms with E-state index in [9.17, 15) is 0 Å². The zero-order valence-electron chi connectivity index (χ0n) is 12.9. The number of hydrogen-bond acceptors (Lipinski definition) is 4. The summed E-state index contributed by atoms with van der Waals surface area (Å²) >= 11 is 0. The molecule has 1 atom stereocenters. The molecule has 4 heteroatoms. The van der Waals surface area contributed by atoms with E-state index >= 15 is 0 Å². The molecule has 1 aliphatic rings. The van der Waals surface area contributed by atoms with Crippen molar-refractivity contribution in [3.05, 3.63) is 54.0 Å². The number of rotatable bonds is 5. The maximum atomic E-state index is 9.14. The lowest BCUT2D eigenvalue weighted by atomic mass is 9.95. The smallest absolute Gasteiger partial charge is 0.135 e. The average Bonchev–Trinajstić information content (AvgIpc) is 2.57. The molecular formula is C18H23N3O. The van der Waals surface area contributed by atoms with Crippen LogP contribution in [-0.2, 0) is 6.42 Å². The molecule has 2 aromatic rings. The third kappa shape index (κ3) is 3.83. The molecule has 0 amide bonds. The molecule has 1 N–H and O–H groups in total. The number of nitrogens with zero attached hydrogens (tertiary/aromatic N) is 3. The minimum absolute atomic E-state index is 0.279. The highest BCUT2D eigenvalue weighted by Crippen LogP contribution is 2.23. The van der Waals surface area contributed by atoms with E-state index in [-0.39, 0.29) is 6.61 Å². The second-order valence-corrected chi connectivity index (χ2v) is 5.96. The van der Waals surface area contributed by atoms with Crippen molar-refractivity contribution in [2.75, 3.05) is 24.6 Å². The molecule has 116 valence electrons. The zero-order valence-corrected chi connectivity index (χ0v) is 12.9. The summed E-state index contributed by atoms with van der Waals surface area (Å²) in [5, 5.41) is 9.14. The van der Waals surface area contributed by atoms with Crippen LogP contribution in [0, 0.1) is 5.92 Å². The molecule has 2 heterocycles. The van der Waals surface area contributed by atoms with Crippen LogP contribution in [0.3, 0.4) is 0 Å². The van der Waals surface area contributed by atoms with E-state index < -0.39 is 0 Å². The summed E-state index contributed by atoms with van der Waals surface area (Å²) in [5.41, 5.74) is 1.23. The van der Waals surface area contributed by atoms with Gasteiger partial charge in [0, 0.05) is 32.3 Å². The lowest BCUT2D eigenvalue weighted by Gasteiger charge is -2.33. The van der Waals surface area contributed by atoms with E-state index in [4.69, 9.17) is 10.1 Å². The number of piperidine rings is 1. The van der Waals surface area contributed by atoms with Crippen LogP contribution in [0.15, 0.2) is 42.6 Å². The number of aromatic nitrogens is 2. The van der Waals surface area contributed by atoms with Crippen LogP contribution >= 0.6 is 0 Å². The topological polar surface area (TPSA) is 49.2 Å². The summed E-state index contributed by atoms with van der Waals surface area (Å²) in [6.45, 7) is 2.31. The van der Waals surface area contributed by atoms with Crippen LogP contribution in [-0.4, -0.2) is 34.8 Å². The molecule has 1 saturated heterocycles. The van der Waals surface area contributed by atoms with Crippen molar-refractivity contribution in [2.24, 2.45) is 5.92 Å². The number of benzene rings is 1. The van der Waals surface area contributed by atoms with Crippen molar-refractivity contribution in [3.63, 3.8) is 0 Å². The first-order valence-corrected chi connectivity index (χ1v) is 8.07. The van der Waals surface area contributed by atoms with Gasteiger partial charge >= 0.3 is 0 Å². The molecule has 22 heavy (non-hydrogen) atoms. The first-order chi connectivity index (χ1) is 10.8. The summed E-state index contributed by atoms with van der Waals surface area (Å²) in [6.07, 6.45) is 5.89. The van der Waals surface area contributed by atoms with Gasteiger partial charge in [-0.05, 0) is 36.8 Å². The SMILES string of the molecule is OCCC1CCCN(c2ccnc(Cc3ccccc3)n2)C1. The predicted octanol–water partition coefficient (Wildman–Crippen LogP) is 2.67. The summed E-state index contributed by atoms with van der Waals surface area (Å²) in [4.78, 5) is 11.5. The highest BCUT2D eigenvalue weighted by Gasteiger charge is 2.20.